The minimum Gasteiger partial charge on any atom is -0.347 e. The van der Waals surface area contributed by atoms with Crippen molar-refractivity contribution in [2.75, 3.05) is 0 Å². The van der Waals surface area contributed by atoms with Gasteiger partial charge in [-0.2, -0.15) is 4.80 Å². The molecular formula is C13H13N5OS2. The predicted octanol–water partition coefficient (Wildman–Crippen LogP) is 2.34. The lowest BCUT2D eigenvalue weighted by Gasteiger charge is -2.11. The molecule has 0 spiro atoms. The van der Waals surface area contributed by atoms with Gasteiger partial charge in [0.1, 0.15) is 6.54 Å². The topological polar surface area (TPSA) is 72.7 Å². The molecule has 0 aromatic carbocycles. The van der Waals surface area contributed by atoms with Gasteiger partial charge in [-0.15, -0.1) is 32.9 Å². The molecule has 3 heterocycles. The molecule has 0 saturated heterocycles. The van der Waals surface area contributed by atoms with Crippen LogP contribution in [0, 0.1) is 0 Å². The van der Waals surface area contributed by atoms with E-state index in [4.69, 9.17) is 0 Å². The number of hydrogen-bond donors (Lipinski definition) is 1. The fourth-order valence-electron chi connectivity index (χ4n) is 1.84. The maximum Gasteiger partial charge on any atom is 0.244 e. The van der Waals surface area contributed by atoms with Crippen molar-refractivity contribution in [3.05, 3.63) is 39.9 Å². The summed E-state index contributed by atoms with van der Waals surface area (Å²) in [4.78, 5) is 15.4. The highest BCUT2D eigenvalue weighted by Crippen LogP contribution is 2.20. The van der Waals surface area contributed by atoms with Crippen LogP contribution in [0.2, 0.25) is 0 Å². The summed E-state index contributed by atoms with van der Waals surface area (Å²) in [6, 6.07) is 7.80. The van der Waals surface area contributed by atoms with Crippen LogP contribution in [0.3, 0.4) is 0 Å². The monoisotopic (exact) mass is 319 g/mol. The molecule has 0 aliphatic rings. The second kappa shape index (κ2) is 6.15. The second-order valence-electron chi connectivity index (χ2n) is 4.43. The first-order valence-electron chi connectivity index (χ1n) is 6.37. The van der Waals surface area contributed by atoms with E-state index in [9.17, 15) is 4.79 Å². The summed E-state index contributed by atoms with van der Waals surface area (Å²) in [6.45, 7) is 2.02. The summed E-state index contributed by atoms with van der Waals surface area (Å²) in [6.07, 6.45) is 0. The summed E-state index contributed by atoms with van der Waals surface area (Å²) in [7, 11) is 0. The van der Waals surface area contributed by atoms with E-state index in [1.807, 2.05) is 41.9 Å². The van der Waals surface area contributed by atoms with E-state index >= 15 is 0 Å². The zero-order valence-electron chi connectivity index (χ0n) is 11.3. The van der Waals surface area contributed by atoms with Gasteiger partial charge >= 0.3 is 0 Å². The molecule has 1 N–H and O–H groups in total. The first kappa shape index (κ1) is 13.9. The van der Waals surface area contributed by atoms with Crippen LogP contribution in [-0.4, -0.2) is 26.1 Å². The molecule has 0 radical (unpaired) electrons. The van der Waals surface area contributed by atoms with E-state index in [2.05, 4.69) is 20.7 Å². The van der Waals surface area contributed by atoms with Crippen molar-refractivity contribution in [3.8, 4) is 10.7 Å². The Balaban J connectivity index is 1.60. The zero-order valence-corrected chi connectivity index (χ0v) is 12.9. The third-order valence-corrected chi connectivity index (χ3v) is 4.75. The predicted molar refractivity (Wildman–Crippen MR) is 82.0 cm³/mol. The molecule has 1 amide bonds. The standard InChI is InChI=1S/C13H13N5OS2/c1-9(10-4-2-6-20-10)14-12(19)8-18-16-13(15-17-18)11-5-3-7-21-11/h2-7,9H,8H2,1H3,(H,14,19)/t9-/m0/s1. The molecule has 0 aliphatic heterocycles. The SMILES string of the molecule is C[C@H](NC(=O)Cn1nnc(-c2cccs2)n1)c1cccs1. The van der Waals surface area contributed by atoms with E-state index in [0.29, 0.717) is 5.82 Å². The third kappa shape index (κ3) is 3.34. The maximum atomic E-state index is 12.0. The van der Waals surface area contributed by atoms with Gasteiger partial charge in [-0.1, -0.05) is 12.1 Å². The molecule has 6 nitrogen and oxygen atoms in total. The van der Waals surface area contributed by atoms with E-state index in [1.165, 1.54) is 16.1 Å². The Kier molecular flexibility index (Phi) is 4.07. The zero-order chi connectivity index (χ0) is 14.7. The fourth-order valence-corrected chi connectivity index (χ4v) is 3.22. The van der Waals surface area contributed by atoms with E-state index in [0.717, 1.165) is 9.75 Å². The summed E-state index contributed by atoms with van der Waals surface area (Å²) in [5, 5.41) is 18.9. The van der Waals surface area contributed by atoms with E-state index in [-0.39, 0.29) is 18.5 Å². The van der Waals surface area contributed by atoms with E-state index < -0.39 is 0 Å². The van der Waals surface area contributed by atoms with Crippen molar-refractivity contribution in [1.82, 2.24) is 25.5 Å². The Morgan fingerprint density at radius 3 is 2.86 bits per heavy atom. The van der Waals surface area contributed by atoms with Crippen LogP contribution in [0.15, 0.2) is 35.0 Å². The number of nitrogens with one attached hydrogen (secondary N) is 1. The van der Waals surface area contributed by atoms with Crippen molar-refractivity contribution in [2.24, 2.45) is 0 Å². The highest BCUT2D eigenvalue weighted by atomic mass is 32.1. The molecule has 3 aromatic rings. The van der Waals surface area contributed by atoms with Gasteiger partial charge in [-0.05, 0) is 35.0 Å². The molecule has 3 aromatic heterocycles. The summed E-state index contributed by atoms with van der Waals surface area (Å²) < 4.78 is 0. The van der Waals surface area contributed by atoms with Crippen molar-refractivity contribution in [2.45, 2.75) is 19.5 Å². The third-order valence-electron chi connectivity index (χ3n) is 2.83. The van der Waals surface area contributed by atoms with Crippen molar-refractivity contribution < 1.29 is 4.79 Å². The van der Waals surface area contributed by atoms with Crippen LogP contribution in [0.4, 0.5) is 0 Å². The second-order valence-corrected chi connectivity index (χ2v) is 6.35. The quantitative estimate of drug-likeness (QED) is 0.783. The Morgan fingerprint density at radius 2 is 2.14 bits per heavy atom. The van der Waals surface area contributed by atoms with E-state index in [1.54, 1.807) is 11.3 Å². The molecule has 0 saturated carbocycles. The number of nitrogens with zero attached hydrogens (tertiary/aromatic N) is 4. The Bertz CT molecular complexity index is 705. The van der Waals surface area contributed by atoms with Crippen LogP contribution < -0.4 is 5.32 Å². The van der Waals surface area contributed by atoms with Crippen LogP contribution >= 0.6 is 22.7 Å². The van der Waals surface area contributed by atoms with Crippen LogP contribution in [0.5, 0.6) is 0 Å². The van der Waals surface area contributed by atoms with Crippen molar-refractivity contribution in [3.63, 3.8) is 0 Å². The molecular weight excluding hydrogens is 306 g/mol. The maximum absolute atomic E-state index is 12.0. The van der Waals surface area contributed by atoms with Gasteiger partial charge in [-0.3, -0.25) is 4.79 Å². The van der Waals surface area contributed by atoms with Gasteiger partial charge in [0, 0.05) is 4.88 Å². The lowest BCUT2D eigenvalue weighted by atomic mass is 10.3. The lowest BCUT2D eigenvalue weighted by molar-refractivity contribution is -0.122. The molecule has 0 aliphatic carbocycles. The average molecular weight is 319 g/mol. The minimum absolute atomic E-state index is 0.0159. The van der Waals surface area contributed by atoms with Crippen LogP contribution in [-0.2, 0) is 11.3 Å². The van der Waals surface area contributed by atoms with Crippen LogP contribution in [0.1, 0.15) is 17.8 Å². The first-order chi connectivity index (χ1) is 10.2. The number of tetrazole rings is 1. The van der Waals surface area contributed by atoms with Gasteiger partial charge in [0.15, 0.2) is 0 Å². The van der Waals surface area contributed by atoms with Gasteiger partial charge < -0.3 is 5.32 Å². The number of amides is 1. The number of hydrogen-bond acceptors (Lipinski definition) is 6. The highest BCUT2D eigenvalue weighted by molar-refractivity contribution is 7.13. The van der Waals surface area contributed by atoms with Crippen molar-refractivity contribution >= 4 is 28.6 Å². The minimum atomic E-state index is -0.133. The number of thiophene rings is 2. The molecule has 8 heteroatoms. The normalized spacial score (nSPS) is 12.2. The Morgan fingerprint density at radius 1 is 1.33 bits per heavy atom. The number of aromatic nitrogens is 4. The summed E-state index contributed by atoms with van der Waals surface area (Å²) in [5.41, 5.74) is 0. The largest absolute Gasteiger partial charge is 0.347 e. The molecule has 3 rings (SSSR count). The lowest BCUT2D eigenvalue weighted by Crippen LogP contribution is -2.30. The van der Waals surface area contributed by atoms with Gasteiger partial charge in [0.2, 0.25) is 11.7 Å². The number of carbonyl (C=O) groups excluding carboxylic acids is 1. The number of carbonyl (C=O) groups is 1. The average Bonchev–Trinajstić information content (AvgIpc) is 3.21. The molecule has 21 heavy (non-hydrogen) atoms. The molecule has 1 atom stereocenters. The smallest absolute Gasteiger partial charge is 0.244 e. The molecule has 108 valence electrons. The fraction of sp³-hybridized carbons (Fsp3) is 0.231. The van der Waals surface area contributed by atoms with Gasteiger partial charge in [0.25, 0.3) is 0 Å². The van der Waals surface area contributed by atoms with Gasteiger partial charge in [0.05, 0.1) is 10.9 Å². The Labute approximate surface area is 129 Å². The van der Waals surface area contributed by atoms with Crippen molar-refractivity contribution in [1.29, 1.82) is 0 Å². The Hall–Kier alpha value is -2.06. The van der Waals surface area contributed by atoms with Gasteiger partial charge in [-0.25, -0.2) is 0 Å². The molecule has 0 bridgehead atoms. The number of rotatable bonds is 5. The molecule has 0 fully saturated rings. The molecule has 0 unspecified atom stereocenters. The highest BCUT2D eigenvalue weighted by Gasteiger charge is 2.13. The summed E-state index contributed by atoms with van der Waals surface area (Å²) in [5.74, 6) is 0.412. The first-order valence-corrected chi connectivity index (χ1v) is 8.13. The van der Waals surface area contributed by atoms with Crippen LogP contribution in [0.25, 0.3) is 10.7 Å². The summed E-state index contributed by atoms with van der Waals surface area (Å²) >= 11 is 3.16.